The van der Waals surface area contributed by atoms with Gasteiger partial charge in [0.2, 0.25) is 0 Å². The maximum atomic E-state index is 12.6. The molecule has 0 aromatic heterocycles. The molecule has 0 aliphatic heterocycles. The van der Waals surface area contributed by atoms with Gasteiger partial charge in [0.05, 0.1) is 10.6 Å². The van der Waals surface area contributed by atoms with Crippen molar-refractivity contribution < 1.29 is 8.42 Å². The topological polar surface area (TPSA) is 37.4 Å². The van der Waals surface area contributed by atoms with Gasteiger partial charge in [-0.15, -0.1) is 0 Å². The molecule has 0 atom stereocenters. The molecule has 0 heterocycles. The zero-order chi connectivity index (χ0) is 15.6. The molecule has 112 valence electrons. The summed E-state index contributed by atoms with van der Waals surface area (Å²) in [6.45, 7) is 4.14. The summed E-state index contributed by atoms with van der Waals surface area (Å²) in [6, 6.07) is 13.8. The third kappa shape index (κ3) is 3.39. The molecule has 3 nitrogen and oxygen atoms in total. The van der Waals surface area contributed by atoms with E-state index in [0.29, 0.717) is 16.6 Å². The lowest BCUT2D eigenvalue weighted by atomic mass is 10.0. The van der Waals surface area contributed by atoms with Gasteiger partial charge in [-0.05, 0) is 41.8 Å². The quantitative estimate of drug-likeness (QED) is 0.841. The van der Waals surface area contributed by atoms with E-state index >= 15 is 0 Å². The zero-order valence-electron chi connectivity index (χ0n) is 12.2. The smallest absolute Gasteiger partial charge is 0.264 e. The summed E-state index contributed by atoms with van der Waals surface area (Å²) in [7, 11) is -2.05. The van der Waals surface area contributed by atoms with Crippen LogP contribution in [0.5, 0.6) is 0 Å². The molecule has 0 unspecified atom stereocenters. The molecule has 21 heavy (non-hydrogen) atoms. The first kappa shape index (κ1) is 15.9. The van der Waals surface area contributed by atoms with E-state index in [4.69, 9.17) is 11.6 Å². The van der Waals surface area contributed by atoms with Crippen LogP contribution in [-0.2, 0) is 10.0 Å². The van der Waals surface area contributed by atoms with E-state index in [1.807, 2.05) is 12.1 Å². The zero-order valence-corrected chi connectivity index (χ0v) is 13.8. The van der Waals surface area contributed by atoms with Crippen molar-refractivity contribution in [3.63, 3.8) is 0 Å². The van der Waals surface area contributed by atoms with Crippen LogP contribution >= 0.6 is 11.6 Å². The van der Waals surface area contributed by atoms with E-state index in [0.717, 1.165) is 5.56 Å². The third-order valence-electron chi connectivity index (χ3n) is 3.38. The van der Waals surface area contributed by atoms with Crippen LogP contribution < -0.4 is 4.31 Å². The Hall–Kier alpha value is -1.52. The second-order valence-corrected chi connectivity index (χ2v) is 7.58. The van der Waals surface area contributed by atoms with Gasteiger partial charge in [-0.25, -0.2) is 8.42 Å². The lowest BCUT2D eigenvalue weighted by Gasteiger charge is -2.20. The first-order chi connectivity index (χ1) is 9.82. The predicted molar refractivity (Wildman–Crippen MR) is 87.6 cm³/mol. The van der Waals surface area contributed by atoms with Gasteiger partial charge in [0, 0.05) is 12.1 Å². The predicted octanol–water partition coefficient (Wildman–Crippen LogP) is 4.29. The number of hydrogen-bond donors (Lipinski definition) is 0. The number of hydrogen-bond acceptors (Lipinski definition) is 2. The summed E-state index contributed by atoms with van der Waals surface area (Å²) in [5, 5.41) is 0.504. The van der Waals surface area contributed by atoms with Gasteiger partial charge < -0.3 is 0 Å². The lowest BCUT2D eigenvalue weighted by Crippen LogP contribution is -2.26. The van der Waals surface area contributed by atoms with Gasteiger partial charge in [0.1, 0.15) is 0 Å². The van der Waals surface area contributed by atoms with Gasteiger partial charge in [-0.1, -0.05) is 43.6 Å². The minimum absolute atomic E-state index is 0.273. The van der Waals surface area contributed by atoms with Gasteiger partial charge in [-0.2, -0.15) is 0 Å². The molecule has 0 aliphatic rings. The molecular weight excluding hydrogens is 306 g/mol. The van der Waals surface area contributed by atoms with Crippen LogP contribution in [0, 0.1) is 0 Å². The molecule has 2 aromatic carbocycles. The Morgan fingerprint density at radius 1 is 1.05 bits per heavy atom. The van der Waals surface area contributed by atoms with Crippen molar-refractivity contribution in [2.75, 3.05) is 11.4 Å². The second kappa shape index (κ2) is 6.08. The summed E-state index contributed by atoms with van der Waals surface area (Å²) in [5.74, 6) is 0.368. The van der Waals surface area contributed by atoms with Crippen molar-refractivity contribution in [1.29, 1.82) is 0 Å². The minimum atomic E-state index is -3.58. The van der Waals surface area contributed by atoms with Crippen LogP contribution in [0.1, 0.15) is 25.3 Å². The average Bonchev–Trinajstić information content (AvgIpc) is 2.46. The van der Waals surface area contributed by atoms with Crippen molar-refractivity contribution in [2.45, 2.75) is 24.7 Å². The van der Waals surface area contributed by atoms with Crippen molar-refractivity contribution in [2.24, 2.45) is 0 Å². The van der Waals surface area contributed by atoms with Gasteiger partial charge in [0.15, 0.2) is 0 Å². The number of anilines is 1. The van der Waals surface area contributed by atoms with Crippen molar-refractivity contribution in [3.05, 3.63) is 59.1 Å². The number of sulfonamides is 1. The largest absolute Gasteiger partial charge is 0.269 e. The standard InChI is InChI=1S/C16H18ClNO2S/c1-12(2)13-7-9-16(10-8-13)21(19,20)18(3)15-6-4-5-14(17)11-15/h4-12H,1-3H3. The highest BCUT2D eigenvalue weighted by atomic mass is 35.5. The van der Waals surface area contributed by atoms with Gasteiger partial charge >= 0.3 is 0 Å². The molecule has 5 heteroatoms. The molecule has 0 spiro atoms. The highest BCUT2D eigenvalue weighted by Gasteiger charge is 2.21. The normalized spacial score (nSPS) is 11.7. The molecular formula is C16H18ClNO2S. The molecule has 0 bridgehead atoms. The Morgan fingerprint density at radius 3 is 2.19 bits per heavy atom. The molecule has 0 N–H and O–H groups in total. The summed E-state index contributed by atoms with van der Waals surface area (Å²) in [6.07, 6.45) is 0. The van der Waals surface area contributed by atoms with E-state index in [-0.39, 0.29) is 4.90 Å². The van der Waals surface area contributed by atoms with Crippen molar-refractivity contribution in [3.8, 4) is 0 Å². The van der Waals surface area contributed by atoms with E-state index in [1.54, 1.807) is 36.4 Å². The summed E-state index contributed by atoms with van der Waals surface area (Å²) < 4.78 is 26.5. The van der Waals surface area contributed by atoms with Crippen LogP contribution in [0.15, 0.2) is 53.4 Å². The van der Waals surface area contributed by atoms with Crippen molar-refractivity contribution in [1.82, 2.24) is 0 Å². The maximum Gasteiger partial charge on any atom is 0.264 e. The fourth-order valence-corrected chi connectivity index (χ4v) is 3.37. The lowest BCUT2D eigenvalue weighted by molar-refractivity contribution is 0.594. The number of nitrogens with zero attached hydrogens (tertiary/aromatic N) is 1. The van der Waals surface area contributed by atoms with E-state index in [9.17, 15) is 8.42 Å². The molecule has 0 aliphatic carbocycles. The second-order valence-electron chi connectivity index (χ2n) is 5.18. The van der Waals surface area contributed by atoms with Crippen LogP contribution in [-0.4, -0.2) is 15.5 Å². The first-order valence-electron chi connectivity index (χ1n) is 6.67. The first-order valence-corrected chi connectivity index (χ1v) is 8.48. The minimum Gasteiger partial charge on any atom is -0.269 e. The highest BCUT2D eigenvalue weighted by molar-refractivity contribution is 7.92. The summed E-state index contributed by atoms with van der Waals surface area (Å²) >= 11 is 5.92. The Morgan fingerprint density at radius 2 is 1.67 bits per heavy atom. The molecule has 0 fully saturated rings. The Kier molecular flexibility index (Phi) is 4.59. The van der Waals surface area contributed by atoms with E-state index < -0.39 is 10.0 Å². The maximum absolute atomic E-state index is 12.6. The Balaban J connectivity index is 2.37. The van der Waals surface area contributed by atoms with E-state index in [2.05, 4.69) is 13.8 Å². The van der Waals surface area contributed by atoms with Crippen LogP contribution in [0.2, 0.25) is 5.02 Å². The Labute approximate surface area is 131 Å². The van der Waals surface area contributed by atoms with Gasteiger partial charge in [0.25, 0.3) is 10.0 Å². The number of rotatable bonds is 4. The van der Waals surface area contributed by atoms with Crippen LogP contribution in [0.4, 0.5) is 5.69 Å². The SMILES string of the molecule is CC(C)c1ccc(S(=O)(=O)N(C)c2cccc(Cl)c2)cc1. The fourth-order valence-electron chi connectivity index (χ4n) is 1.99. The molecule has 0 radical (unpaired) electrons. The molecule has 2 aromatic rings. The van der Waals surface area contributed by atoms with Crippen LogP contribution in [0.3, 0.4) is 0 Å². The monoisotopic (exact) mass is 323 g/mol. The van der Waals surface area contributed by atoms with Gasteiger partial charge in [-0.3, -0.25) is 4.31 Å². The highest BCUT2D eigenvalue weighted by Crippen LogP contribution is 2.25. The summed E-state index contributed by atoms with van der Waals surface area (Å²) in [5.41, 5.74) is 1.65. The average molecular weight is 324 g/mol. The molecule has 0 saturated heterocycles. The summed E-state index contributed by atoms with van der Waals surface area (Å²) in [4.78, 5) is 0.273. The van der Waals surface area contributed by atoms with Crippen LogP contribution in [0.25, 0.3) is 0 Å². The fraction of sp³-hybridized carbons (Fsp3) is 0.250. The van der Waals surface area contributed by atoms with E-state index in [1.165, 1.54) is 11.4 Å². The Bertz CT molecular complexity index is 724. The van der Waals surface area contributed by atoms with Crippen molar-refractivity contribution >= 4 is 27.3 Å². The molecule has 0 amide bonds. The molecule has 0 saturated carbocycles. The molecule has 2 rings (SSSR count). The number of benzene rings is 2. The number of halogens is 1. The third-order valence-corrected chi connectivity index (χ3v) is 5.41.